The zero-order valence-corrected chi connectivity index (χ0v) is 7.94. The van der Waals surface area contributed by atoms with E-state index in [1.807, 2.05) is 0 Å². The molecule has 0 aromatic carbocycles. The Hall–Kier alpha value is -1.06. The van der Waals surface area contributed by atoms with Crippen molar-refractivity contribution in [2.24, 2.45) is 34.5 Å². The summed E-state index contributed by atoms with van der Waals surface area (Å²) >= 11 is 0. The van der Waals surface area contributed by atoms with Crippen molar-refractivity contribution in [1.82, 2.24) is 0 Å². The van der Waals surface area contributed by atoms with Crippen molar-refractivity contribution in [3.05, 3.63) is 0 Å². The zero-order chi connectivity index (χ0) is 9.88. The minimum Gasteiger partial charge on any atom is -0.469 e. The molecular formula is C10H10O4. The van der Waals surface area contributed by atoms with Crippen molar-refractivity contribution >= 4 is 11.9 Å². The fourth-order valence-electron chi connectivity index (χ4n) is 4.90. The first kappa shape index (κ1) is 7.26. The molecule has 0 aromatic heterocycles. The van der Waals surface area contributed by atoms with Gasteiger partial charge in [0.15, 0.2) is 0 Å². The normalized spacial score (nSPS) is 62.7. The topological polar surface area (TPSA) is 52.6 Å². The number of hydrogen-bond donors (Lipinski definition) is 0. The van der Waals surface area contributed by atoms with E-state index in [1.165, 1.54) is 14.2 Å². The molecule has 0 unspecified atom stereocenters. The van der Waals surface area contributed by atoms with E-state index in [1.54, 1.807) is 0 Å². The largest absolute Gasteiger partial charge is 0.469 e. The van der Waals surface area contributed by atoms with Gasteiger partial charge in [0.05, 0.1) is 25.0 Å². The molecule has 5 rings (SSSR count). The number of rotatable bonds is 2. The first-order chi connectivity index (χ1) is 6.70. The smallest absolute Gasteiger partial charge is 0.313 e. The SMILES string of the molecule is COC(=O)C12C3C1C1C3C12C(=O)OC. The molecule has 5 saturated carbocycles. The molecule has 5 aliphatic rings. The lowest BCUT2D eigenvalue weighted by molar-refractivity contribution is -0.173. The predicted molar refractivity (Wildman–Crippen MR) is 42.9 cm³/mol. The van der Waals surface area contributed by atoms with Gasteiger partial charge in [-0.25, -0.2) is 0 Å². The van der Waals surface area contributed by atoms with Crippen LogP contribution in [0.4, 0.5) is 0 Å². The lowest BCUT2D eigenvalue weighted by atomic mass is 9.68. The van der Waals surface area contributed by atoms with Gasteiger partial charge in [0.2, 0.25) is 0 Å². The highest BCUT2D eigenvalue weighted by Gasteiger charge is 3.18. The molecule has 0 aromatic rings. The summed E-state index contributed by atoms with van der Waals surface area (Å²) in [7, 11) is 2.79. The minimum atomic E-state index is -0.426. The molecular weight excluding hydrogens is 184 g/mol. The molecule has 0 heterocycles. The van der Waals surface area contributed by atoms with E-state index in [0.29, 0.717) is 23.7 Å². The van der Waals surface area contributed by atoms with Gasteiger partial charge in [0.25, 0.3) is 0 Å². The summed E-state index contributed by atoms with van der Waals surface area (Å²) < 4.78 is 9.57. The second-order valence-corrected chi connectivity index (χ2v) is 4.82. The Morgan fingerprint density at radius 2 is 1.14 bits per heavy atom. The summed E-state index contributed by atoms with van der Waals surface area (Å²) in [6.45, 7) is 0. The van der Waals surface area contributed by atoms with Crippen LogP contribution in [0.25, 0.3) is 0 Å². The average Bonchev–Trinajstić information content (AvgIpc) is 2.70. The third kappa shape index (κ3) is 0.301. The maximum Gasteiger partial charge on any atom is 0.313 e. The predicted octanol–water partition coefficient (Wildman–Crippen LogP) is -0.176. The third-order valence-electron chi connectivity index (χ3n) is 5.16. The van der Waals surface area contributed by atoms with Gasteiger partial charge in [-0.05, 0) is 23.7 Å². The van der Waals surface area contributed by atoms with Gasteiger partial charge in [-0.15, -0.1) is 0 Å². The van der Waals surface area contributed by atoms with Crippen LogP contribution in [0.1, 0.15) is 0 Å². The summed E-state index contributed by atoms with van der Waals surface area (Å²) in [6, 6.07) is 0. The number of carbonyl (C=O) groups excluding carboxylic acids is 2. The fraction of sp³-hybridized carbons (Fsp3) is 0.800. The molecule has 0 spiro atoms. The number of hydrogen-bond acceptors (Lipinski definition) is 4. The summed E-state index contributed by atoms with van der Waals surface area (Å²) in [5, 5.41) is 0. The summed E-state index contributed by atoms with van der Waals surface area (Å²) in [5.74, 6) is 1.45. The average molecular weight is 194 g/mol. The Kier molecular flexibility index (Phi) is 0.774. The Morgan fingerprint density at radius 1 is 0.857 bits per heavy atom. The van der Waals surface area contributed by atoms with Gasteiger partial charge in [0.1, 0.15) is 0 Å². The molecule has 0 radical (unpaired) electrons. The Bertz CT molecular complexity index is 337. The van der Waals surface area contributed by atoms with Crippen LogP contribution >= 0.6 is 0 Å². The molecule has 0 saturated heterocycles. The third-order valence-corrected chi connectivity index (χ3v) is 5.16. The van der Waals surface area contributed by atoms with Crippen LogP contribution in [0.2, 0.25) is 0 Å². The van der Waals surface area contributed by atoms with Crippen LogP contribution in [-0.4, -0.2) is 26.2 Å². The molecule has 0 aliphatic heterocycles. The summed E-state index contributed by atoms with van der Waals surface area (Å²) in [5.41, 5.74) is -0.853. The maximum absolute atomic E-state index is 11.6. The molecule has 4 heteroatoms. The Balaban J connectivity index is 1.75. The number of esters is 2. The second-order valence-electron chi connectivity index (χ2n) is 4.82. The Morgan fingerprint density at radius 3 is 1.36 bits per heavy atom. The van der Waals surface area contributed by atoms with E-state index in [0.717, 1.165) is 0 Å². The molecule has 0 bridgehead atoms. The van der Waals surface area contributed by atoms with Crippen LogP contribution < -0.4 is 0 Å². The summed E-state index contributed by atoms with van der Waals surface area (Å²) in [6.07, 6.45) is 0. The van der Waals surface area contributed by atoms with E-state index in [4.69, 9.17) is 9.47 Å². The second kappa shape index (κ2) is 1.49. The van der Waals surface area contributed by atoms with Gasteiger partial charge in [-0.2, -0.15) is 0 Å². The number of ether oxygens (including phenoxy) is 2. The maximum atomic E-state index is 11.6. The standard InChI is InChI=1S/C10H10O4/c1-13-7(11)9-3-4(9)6-5(3)10(6,9)8(12)14-2/h3-6H,1-2H3. The van der Waals surface area contributed by atoms with Crippen LogP contribution in [0.5, 0.6) is 0 Å². The molecule has 14 heavy (non-hydrogen) atoms. The highest BCUT2D eigenvalue weighted by Crippen LogP contribution is 3.13. The van der Waals surface area contributed by atoms with Crippen molar-refractivity contribution in [2.45, 2.75) is 0 Å². The van der Waals surface area contributed by atoms with E-state index in [9.17, 15) is 9.59 Å². The highest BCUT2D eigenvalue weighted by molar-refractivity contribution is 6.05. The number of carbonyl (C=O) groups is 2. The van der Waals surface area contributed by atoms with Crippen LogP contribution in [0.3, 0.4) is 0 Å². The minimum absolute atomic E-state index is 0.192. The molecule has 5 aliphatic carbocycles. The van der Waals surface area contributed by atoms with Gasteiger partial charge in [-0.1, -0.05) is 0 Å². The number of methoxy groups -OCH3 is 2. The first-order valence-electron chi connectivity index (χ1n) is 4.87. The van der Waals surface area contributed by atoms with Gasteiger partial charge >= 0.3 is 11.9 Å². The van der Waals surface area contributed by atoms with Gasteiger partial charge < -0.3 is 9.47 Å². The molecule has 5 fully saturated rings. The zero-order valence-electron chi connectivity index (χ0n) is 7.94. The Labute approximate surface area is 80.6 Å². The first-order valence-corrected chi connectivity index (χ1v) is 4.87. The monoisotopic (exact) mass is 194 g/mol. The molecule has 4 nitrogen and oxygen atoms in total. The van der Waals surface area contributed by atoms with Gasteiger partial charge in [-0.3, -0.25) is 9.59 Å². The van der Waals surface area contributed by atoms with E-state index < -0.39 is 10.8 Å². The quantitative estimate of drug-likeness (QED) is 0.572. The highest BCUT2D eigenvalue weighted by atomic mass is 16.5. The van der Waals surface area contributed by atoms with Crippen molar-refractivity contribution in [3.8, 4) is 0 Å². The molecule has 0 atom stereocenters. The van der Waals surface area contributed by atoms with Crippen LogP contribution in [-0.2, 0) is 19.1 Å². The van der Waals surface area contributed by atoms with Crippen molar-refractivity contribution in [1.29, 1.82) is 0 Å². The van der Waals surface area contributed by atoms with Gasteiger partial charge in [0, 0.05) is 0 Å². The van der Waals surface area contributed by atoms with Crippen LogP contribution in [0.15, 0.2) is 0 Å². The van der Waals surface area contributed by atoms with E-state index in [-0.39, 0.29) is 11.9 Å². The van der Waals surface area contributed by atoms with E-state index in [2.05, 4.69) is 0 Å². The fourth-order valence-corrected chi connectivity index (χ4v) is 4.90. The van der Waals surface area contributed by atoms with E-state index >= 15 is 0 Å². The van der Waals surface area contributed by atoms with Crippen molar-refractivity contribution in [3.63, 3.8) is 0 Å². The van der Waals surface area contributed by atoms with Crippen molar-refractivity contribution in [2.75, 3.05) is 14.2 Å². The molecule has 0 N–H and O–H groups in total. The summed E-state index contributed by atoms with van der Waals surface area (Å²) in [4.78, 5) is 23.2. The lowest BCUT2D eigenvalue weighted by Gasteiger charge is -2.34. The molecule has 74 valence electrons. The lowest BCUT2D eigenvalue weighted by Crippen LogP contribution is -2.48. The van der Waals surface area contributed by atoms with Crippen LogP contribution in [0, 0.1) is 34.5 Å². The molecule has 0 amide bonds. The van der Waals surface area contributed by atoms with Crippen molar-refractivity contribution < 1.29 is 19.1 Å².